The number of carbonyl (C=O) groups excluding carboxylic acids is 1. The number of hydrogen-bond acceptors (Lipinski definition) is 3. The summed E-state index contributed by atoms with van der Waals surface area (Å²) in [5, 5.41) is 6.29. The van der Waals surface area contributed by atoms with Crippen molar-refractivity contribution in [2.75, 3.05) is 25.0 Å². The molecule has 0 spiro atoms. The molecule has 2 rings (SSSR count). The first-order valence-corrected chi connectivity index (χ1v) is 6.89. The van der Waals surface area contributed by atoms with E-state index in [0.717, 1.165) is 24.3 Å². The first-order valence-electron chi connectivity index (χ1n) is 6.89. The smallest absolute Gasteiger partial charge is 0.229 e. The van der Waals surface area contributed by atoms with Gasteiger partial charge in [-0.15, -0.1) is 0 Å². The molecule has 1 aliphatic rings. The molecule has 19 heavy (non-hydrogen) atoms. The monoisotopic (exact) mass is 262 g/mol. The molecular weight excluding hydrogens is 240 g/mol. The zero-order valence-electron chi connectivity index (χ0n) is 11.6. The lowest BCUT2D eigenvalue weighted by atomic mass is 9.97. The van der Waals surface area contributed by atoms with Gasteiger partial charge >= 0.3 is 0 Å². The van der Waals surface area contributed by atoms with Crippen LogP contribution in [-0.4, -0.2) is 25.6 Å². The summed E-state index contributed by atoms with van der Waals surface area (Å²) >= 11 is 0. The number of para-hydroxylation sites is 1. The van der Waals surface area contributed by atoms with Crippen molar-refractivity contribution in [1.29, 1.82) is 0 Å². The summed E-state index contributed by atoms with van der Waals surface area (Å²) in [6.45, 7) is 6.96. The third kappa shape index (κ3) is 3.55. The van der Waals surface area contributed by atoms with E-state index in [9.17, 15) is 4.79 Å². The third-order valence-electron chi connectivity index (χ3n) is 3.59. The van der Waals surface area contributed by atoms with Crippen LogP contribution < -0.4 is 10.6 Å². The van der Waals surface area contributed by atoms with Crippen LogP contribution in [-0.2, 0) is 16.1 Å². The Morgan fingerprint density at radius 3 is 2.89 bits per heavy atom. The highest BCUT2D eigenvalue weighted by atomic mass is 16.5. The molecule has 0 unspecified atom stereocenters. The number of hydrogen-bond donors (Lipinski definition) is 2. The Balaban J connectivity index is 2.03. The van der Waals surface area contributed by atoms with Crippen LogP contribution in [0.5, 0.6) is 0 Å². The Bertz CT molecular complexity index is 434. The van der Waals surface area contributed by atoms with E-state index in [-0.39, 0.29) is 11.8 Å². The van der Waals surface area contributed by atoms with E-state index in [2.05, 4.69) is 17.6 Å². The number of benzene rings is 1. The lowest BCUT2D eigenvalue weighted by Gasteiger charge is -2.16. The molecule has 1 aromatic rings. The van der Waals surface area contributed by atoms with Gasteiger partial charge in [0.15, 0.2) is 0 Å². The Labute approximate surface area is 114 Å². The predicted octanol–water partition coefficient (Wildman–Crippen LogP) is 2.02. The minimum Gasteiger partial charge on any atom is -0.377 e. The summed E-state index contributed by atoms with van der Waals surface area (Å²) in [5.74, 6) is 0.542. The number of carbonyl (C=O) groups is 1. The quantitative estimate of drug-likeness (QED) is 0.853. The summed E-state index contributed by atoms with van der Waals surface area (Å²) < 4.78 is 5.42. The summed E-state index contributed by atoms with van der Waals surface area (Å²) in [5.41, 5.74) is 1.89. The predicted molar refractivity (Wildman–Crippen MR) is 75.9 cm³/mol. The van der Waals surface area contributed by atoms with Crippen molar-refractivity contribution < 1.29 is 9.53 Å². The molecule has 1 aliphatic heterocycles. The average molecular weight is 262 g/mol. The normalized spacial score (nSPS) is 22.4. The van der Waals surface area contributed by atoms with Crippen LogP contribution in [0, 0.1) is 11.8 Å². The molecule has 4 nitrogen and oxygen atoms in total. The standard InChI is InChI=1S/C15H22N2O2/c1-3-19-10-12-6-4-5-7-14(12)17-15(18)13-9-16-8-11(13)2/h4-7,11,13,16H,3,8-10H2,1-2H3,(H,17,18)/t11-,13-/m1/s1. The van der Waals surface area contributed by atoms with Crippen LogP contribution >= 0.6 is 0 Å². The van der Waals surface area contributed by atoms with Crippen LogP contribution in [0.3, 0.4) is 0 Å². The lowest BCUT2D eigenvalue weighted by Crippen LogP contribution is -2.28. The Morgan fingerprint density at radius 1 is 1.42 bits per heavy atom. The van der Waals surface area contributed by atoms with Crippen molar-refractivity contribution in [3.8, 4) is 0 Å². The largest absolute Gasteiger partial charge is 0.377 e. The summed E-state index contributed by atoms with van der Waals surface area (Å²) in [6.07, 6.45) is 0. The molecule has 0 saturated carbocycles. The first-order chi connectivity index (χ1) is 9.22. The van der Waals surface area contributed by atoms with E-state index in [1.165, 1.54) is 0 Å². The van der Waals surface area contributed by atoms with Gasteiger partial charge < -0.3 is 15.4 Å². The Kier molecular flexibility index (Phi) is 4.93. The van der Waals surface area contributed by atoms with Gasteiger partial charge in [0.25, 0.3) is 0 Å². The van der Waals surface area contributed by atoms with Gasteiger partial charge in [-0.25, -0.2) is 0 Å². The highest BCUT2D eigenvalue weighted by molar-refractivity contribution is 5.93. The molecule has 0 aliphatic carbocycles. The van der Waals surface area contributed by atoms with Gasteiger partial charge in [0.2, 0.25) is 5.91 Å². The molecule has 0 aromatic heterocycles. The van der Waals surface area contributed by atoms with Crippen molar-refractivity contribution in [2.24, 2.45) is 11.8 Å². The fraction of sp³-hybridized carbons (Fsp3) is 0.533. The SMILES string of the molecule is CCOCc1ccccc1NC(=O)[C@@H]1CNC[C@H]1C. The van der Waals surface area contributed by atoms with Crippen LogP contribution in [0.2, 0.25) is 0 Å². The van der Waals surface area contributed by atoms with Crippen LogP contribution in [0.1, 0.15) is 19.4 Å². The van der Waals surface area contributed by atoms with Gasteiger partial charge in [-0.3, -0.25) is 4.79 Å². The second-order valence-electron chi connectivity index (χ2n) is 5.03. The topological polar surface area (TPSA) is 50.4 Å². The molecule has 1 heterocycles. The third-order valence-corrected chi connectivity index (χ3v) is 3.59. The Morgan fingerprint density at radius 2 is 2.21 bits per heavy atom. The van der Waals surface area contributed by atoms with Gasteiger partial charge in [-0.2, -0.15) is 0 Å². The Hall–Kier alpha value is -1.39. The van der Waals surface area contributed by atoms with E-state index >= 15 is 0 Å². The van der Waals surface area contributed by atoms with Gasteiger partial charge in [0.05, 0.1) is 12.5 Å². The second-order valence-corrected chi connectivity index (χ2v) is 5.03. The highest BCUT2D eigenvalue weighted by Crippen LogP contribution is 2.21. The highest BCUT2D eigenvalue weighted by Gasteiger charge is 2.29. The number of ether oxygens (including phenoxy) is 1. The number of rotatable bonds is 5. The molecule has 1 aromatic carbocycles. The molecule has 0 radical (unpaired) electrons. The molecule has 1 fully saturated rings. The molecular formula is C15H22N2O2. The summed E-state index contributed by atoms with van der Waals surface area (Å²) in [6, 6.07) is 7.81. The number of anilines is 1. The van der Waals surface area contributed by atoms with Gasteiger partial charge in [-0.1, -0.05) is 25.1 Å². The summed E-state index contributed by atoms with van der Waals surface area (Å²) in [4.78, 5) is 12.3. The average Bonchev–Trinajstić information content (AvgIpc) is 2.84. The van der Waals surface area contributed by atoms with E-state index in [1.807, 2.05) is 31.2 Å². The molecule has 104 valence electrons. The maximum absolute atomic E-state index is 12.3. The van der Waals surface area contributed by atoms with Crippen LogP contribution in [0.4, 0.5) is 5.69 Å². The second kappa shape index (κ2) is 6.68. The fourth-order valence-electron chi connectivity index (χ4n) is 2.37. The fourth-order valence-corrected chi connectivity index (χ4v) is 2.37. The number of nitrogens with one attached hydrogen (secondary N) is 2. The van der Waals surface area contributed by atoms with E-state index < -0.39 is 0 Å². The lowest BCUT2D eigenvalue weighted by molar-refractivity contribution is -0.120. The van der Waals surface area contributed by atoms with E-state index in [0.29, 0.717) is 19.1 Å². The van der Waals surface area contributed by atoms with Crippen molar-refractivity contribution >= 4 is 11.6 Å². The van der Waals surface area contributed by atoms with Crippen LogP contribution in [0.15, 0.2) is 24.3 Å². The van der Waals surface area contributed by atoms with Crippen molar-refractivity contribution in [2.45, 2.75) is 20.5 Å². The molecule has 2 N–H and O–H groups in total. The zero-order chi connectivity index (χ0) is 13.7. The minimum atomic E-state index is 0.0557. The molecule has 2 atom stereocenters. The van der Waals surface area contributed by atoms with Crippen molar-refractivity contribution in [1.82, 2.24) is 5.32 Å². The molecule has 4 heteroatoms. The van der Waals surface area contributed by atoms with Crippen molar-refractivity contribution in [3.63, 3.8) is 0 Å². The van der Waals surface area contributed by atoms with E-state index in [4.69, 9.17) is 4.74 Å². The summed E-state index contributed by atoms with van der Waals surface area (Å²) in [7, 11) is 0. The van der Waals surface area contributed by atoms with Crippen molar-refractivity contribution in [3.05, 3.63) is 29.8 Å². The molecule has 0 bridgehead atoms. The maximum atomic E-state index is 12.3. The van der Waals surface area contributed by atoms with Gasteiger partial charge in [0, 0.05) is 24.4 Å². The minimum absolute atomic E-state index is 0.0557. The zero-order valence-corrected chi connectivity index (χ0v) is 11.6. The first kappa shape index (κ1) is 14.0. The molecule has 1 saturated heterocycles. The van der Waals surface area contributed by atoms with Gasteiger partial charge in [0.1, 0.15) is 0 Å². The number of amides is 1. The van der Waals surface area contributed by atoms with E-state index in [1.54, 1.807) is 0 Å². The maximum Gasteiger partial charge on any atom is 0.229 e. The van der Waals surface area contributed by atoms with Crippen LogP contribution in [0.25, 0.3) is 0 Å². The van der Waals surface area contributed by atoms with Gasteiger partial charge in [-0.05, 0) is 25.5 Å². The molecule has 1 amide bonds.